The number of pyridine rings is 1. The lowest BCUT2D eigenvalue weighted by Crippen LogP contribution is -2.26. The maximum atomic E-state index is 12.6. The van der Waals surface area contributed by atoms with Crippen LogP contribution in [-0.4, -0.2) is 10.6 Å². The van der Waals surface area contributed by atoms with E-state index in [1.807, 2.05) is 0 Å². The van der Waals surface area contributed by atoms with Gasteiger partial charge in [-0.3, -0.25) is 0 Å². The van der Waals surface area contributed by atoms with Crippen LogP contribution in [0.5, 0.6) is 5.88 Å². The summed E-state index contributed by atoms with van der Waals surface area (Å²) in [5.41, 5.74) is -0.763. The number of terminal acetylenes is 1. The van der Waals surface area contributed by atoms with E-state index >= 15 is 0 Å². The zero-order chi connectivity index (χ0) is 9.90. The molecule has 1 heterocycles. The summed E-state index contributed by atoms with van der Waals surface area (Å²) in [5, 5.41) is 0. The first-order valence-electron chi connectivity index (χ1n) is 3.83. The van der Waals surface area contributed by atoms with Crippen LogP contribution in [0.4, 0.5) is 4.39 Å². The molecule has 0 N–H and O–H groups in total. The van der Waals surface area contributed by atoms with Gasteiger partial charge >= 0.3 is 0 Å². The van der Waals surface area contributed by atoms with Gasteiger partial charge in [0.2, 0.25) is 11.8 Å². The van der Waals surface area contributed by atoms with Gasteiger partial charge in [-0.1, -0.05) is 12.0 Å². The number of halogens is 1. The summed E-state index contributed by atoms with van der Waals surface area (Å²) < 4.78 is 17.8. The fraction of sp³-hybridized carbons (Fsp3) is 0.300. The van der Waals surface area contributed by atoms with E-state index in [9.17, 15) is 4.39 Å². The summed E-state index contributed by atoms with van der Waals surface area (Å²) in [5.74, 6) is 2.04. The second-order valence-electron chi connectivity index (χ2n) is 3.06. The second kappa shape index (κ2) is 3.44. The summed E-state index contributed by atoms with van der Waals surface area (Å²) in [6, 6.07) is 4.32. The lowest BCUT2D eigenvalue weighted by atomic mass is 10.1. The molecule has 0 atom stereocenters. The van der Waals surface area contributed by atoms with E-state index in [0.29, 0.717) is 0 Å². The highest BCUT2D eigenvalue weighted by Crippen LogP contribution is 2.14. The Morgan fingerprint density at radius 1 is 1.54 bits per heavy atom. The Hall–Kier alpha value is -1.56. The van der Waals surface area contributed by atoms with Crippen molar-refractivity contribution in [2.45, 2.75) is 19.4 Å². The molecule has 1 rings (SSSR count). The monoisotopic (exact) mass is 179 g/mol. The van der Waals surface area contributed by atoms with Crippen molar-refractivity contribution in [3.05, 3.63) is 24.1 Å². The van der Waals surface area contributed by atoms with E-state index in [-0.39, 0.29) is 5.88 Å². The number of hydrogen-bond donors (Lipinski definition) is 0. The minimum Gasteiger partial charge on any atom is -0.458 e. The van der Waals surface area contributed by atoms with E-state index in [2.05, 4.69) is 10.9 Å². The smallest absolute Gasteiger partial charge is 0.217 e. The molecule has 0 bridgehead atoms. The zero-order valence-electron chi connectivity index (χ0n) is 7.54. The molecule has 0 aromatic carbocycles. The van der Waals surface area contributed by atoms with Gasteiger partial charge in [-0.25, -0.2) is 0 Å². The Balaban J connectivity index is 2.82. The van der Waals surface area contributed by atoms with Crippen molar-refractivity contribution < 1.29 is 9.13 Å². The molecule has 0 spiro atoms. The van der Waals surface area contributed by atoms with Gasteiger partial charge in [-0.15, -0.1) is 6.42 Å². The summed E-state index contributed by atoms with van der Waals surface area (Å²) in [6.07, 6.45) is 5.20. The first-order valence-corrected chi connectivity index (χ1v) is 3.83. The largest absolute Gasteiger partial charge is 0.458 e. The van der Waals surface area contributed by atoms with E-state index in [0.717, 1.165) is 0 Å². The summed E-state index contributed by atoms with van der Waals surface area (Å²) in [7, 11) is 0. The minimum atomic E-state index is -0.763. The van der Waals surface area contributed by atoms with Crippen molar-refractivity contribution in [3.8, 4) is 18.2 Å². The highest BCUT2D eigenvalue weighted by atomic mass is 19.1. The van der Waals surface area contributed by atoms with Crippen LogP contribution in [0.3, 0.4) is 0 Å². The highest BCUT2D eigenvalue weighted by Gasteiger charge is 2.16. The van der Waals surface area contributed by atoms with Crippen molar-refractivity contribution in [2.75, 3.05) is 0 Å². The number of nitrogens with zero attached hydrogens (tertiary/aromatic N) is 1. The van der Waals surface area contributed by atoms with E-state index in [4.69, 9.17) is 11.2 Å². The van der Waals surface area contributed by atoms with Crippen LogP contribution >= 0.6 is 0 Å². The van der Waals surface area contributed by atoms with Crippen LogP contribution in [0, 0.1) is 18.3 Å². The third-order valence-corrected chi connectivity index (χ3v) is 1.40. The molecular weight excluding hydrogens is 169 g/mol. The van der Waals surface area contributed by atoms with Gasteiger partial charge in [0.25, 0.3) is 0 Å². The third kappa shape index (κ3) is 2.75. The van der Waals surface area contributed by atoms with Gasteiger partial charge < -0.3 is 4.74 Å². The molecule has 0 saturated heterocycles. The lowest BCUT2D eigenvalue weighted by molar-refractivity contribution is 0.163. The molecule has 2 nitrogen and oxygen atoms in total. The van der Waals surface area contributed by atoms with Crippen LogP contribution in [0.25, 0.3) is 0 Å². The normalized spacial score (nSPS) is 10.6. The van der Waals surface area contributed by atoms with Crippen LogP contribution < -0.4 is 4.74 Å². The standard InChI is InChI=1S/C10H10FNO/c1-4-10(2,3)13-9-7-5-6-8(11)12-9/h1,5-7H,2-3H3. The SMILES string of the molecule is C#CC(C)(C)Oc1cccc(F)n1. The Morgan fingerprint density at radius 3 is 2.77 bits per heavy atom. The van der Waals surface area contributed by atoms with Gasteiger partial charge in [0.05, 0.1) is 0 Å². The van der Waals surface area contributed by atoms with Gasteiger partial charge in [-0.05, 0) is 19.9 Å². The van der Waals surface area contributed by atoms with E-state index < -0.39 is 11.5 Å². The molecule has 0 aliphatic rings. The van der Waals surface area contributed by atoms with Crippen LogP contribution in [0.2, 0.25) is 0 Å². The van der Waals surface area contributed by atoms with Crippen LogP contribution in [0.1, 0.15) is 13.8 Å². The van der Waals surface area contributed by atoms with Gasteiger partial charge in [0.15, 0.2) is 5.60 Å². The Labute approximate surface area is 76.8 Å². The first-order chi connectivity index (χ1) is 6.03. The van der Waals surface area contributed by atoms with Crippen molar-refractivity contribution in [1.29, 1.82) is 0 Å². The topological polar surface area (TPSA) is 22.1 Å². The molecule has 1 aromatic heterocycles. The van der Waals surface area contributed by atoms with Gasteiger partial charge in [-0.2, -0.15) is 9.37 Å². The van der Waals surface area contributed by atoms with E-state index in [1.54, 1.807) is 19.9 Å². The maximum absolute atomic E-state index is 12.6. The molecule has 3 heteroatoms. The molecule has 68 valence electrons. The van der Waals surface area contributed by atoms with Gasteiger partial charge in [0, 0.05) is 6.07 Å². The number of hydrogen-bond acceptors (Lipinski definition) is 2. The predicted octanol–water partition coefficient (Wildman–Crippen LogP) is 2.01. The Bertz CT molecular complexity index is 341. The molecule has 0 saturated carbocycles. The van der Waals surface area contributed by atoms with Crippen molar-refractivity contribution >= 4 is 0 Å². The van der Waals surface area contributed by atoms with Crippen LogP contribution in [-0.2, 0) is 0 Å². The molecule has 0 unspecified atom stereocenters. The Kier molecular flexibility index (Phi) is 2.52. The van der Waals surface area contributed by atoms with Crippen molar-refractivity contribution in [2.24, 2.45) is 0 Å². The third-order valence-electron chi connectivity index (χ3n) is 1.40. The van der Waals surface area contributed by atoms with E-state index in [1.165, 1.54) is 12.1 Å². The second-order valence-corrected chi connectivity index (χ2v) is 3.06. The quantitative estimate of drug-likeness (QED) is 0.511. The average molecular weight is 179 g/mol. The molecular formula is C10H10FNO. The van der Waals surface area contributed by atoms with Crippen molar-refractivity contribution in [1.82, 2.24) is 4.98 Å². The molecule has 0 aliphatic heterocycles. The predicted molar refractivity (Wildman–Crippen MR) is 47.7 cm³/mol. The first kappa shape index (κ1) is 9.53. The number of ether oxygens (including phenoxy) is 1. The minimum absolute atomic E-state index is 0.197. The molecule has 0 fully saturated rings. The molecule has 1 aromatic rings. The molecule has 13 heavy (non-hydrogen) atoms. The molecule has 0 amide bonds. The fourth-order valence-corrected chi connectivity index (χ4v) is 0.737. The zero-order valence-corrected chi connectivity index (χ0v) is 7.54. The summed E-state index contributed by atoms with van der Waals surface area (Å²) in [6.45, 7) is 3.42. The number of rotatable bonds is 2. The van der Waals surface area contributed by atoms with Crippen molar-refractivity contribution in [3.63, 3.8) is 0 Å². The lowest BCUT2D eigenvalue weighted by Gasteiger charge is -2.18. The number of aromatic nitrogens is 1. The Morgan fingerprint density at radius 2 is 2.23 bits per heavy atom. The fourth-order valence-electron chi connectivity index (χ4n) is 0.737. The van der Waals surface area contributed by atoms with Gasteiger partial charge in [0.1, 0.15) is 0 Å². The highest BCUT2D eigenvalue weighted by molar-refractivity contribution is 5.15. The molecule has 0 radical (unpaired) electrons. The average Bonchev–Trinajstić information content (AvgIpc) is 2.03. The maximum Gasteiger partial charge on any atom is 0.217 e. The molecule has 0 aliphatic carbocycles. The summed E-state index contributed by atoms with van der Waals surface area (Å²) >= 11 is 0. The summed E-state index contributed by atoms with van der Waals surface area (Å²) in [4.78, 5) is 3.52. The van der Waals surface area contributed by atoms with Crippen LogP contribution in [0.15, 0.2) is 18.2 Å².